The van der Waals surface area contributed by atoms with E-state index in [9.17, 15) is 8.78 Å². The van der Waals surface area contributed by atoms with Crippen molar-refractivity contribution in [2.24, 2.45) is 12.8 Å². The standard InChI is InChI=1S/C15H14F2N6/c1-7(18)9-6-11(16)14(19)21-15(9)20-8-3-4-12-10(5-8)13(17)22-23(12)2/h3-6H,1,18H2,2H3,(H3,19,20,21). The summed E-state index contributed by atoms with van der Waals surface area (Å²) in [7, 11) is 1.65. The molecule has 0 saturated heterocycles. The van der Waals surface area contributed by atoms with Crippen LogP contribution in [0.2, 0.25) is 0 Å². The number of aromatic nitrogens is 3. The summed E-state index contributed by atoms with van der Waals surface area (Å²) in [6, 6.07) is 6.14. The van der Waals surface area contributed by atoms with Crippen molar-refractivity contribution in [1.82, 2.24) is 14.8 Å². The molecule has 1 aromatic carbocycles. The van der Waals surface area contributed by atoms with Gasteiger partial charge in [-0.05, 0) is 24.3 Å². The van der Waals surface area contributed by atoms with Crippen molar-refractivity contribution in [3.63, 3.8) is 0 Å². The van der Waals surface area contributed by atoms with Gasteiger partial charge in [0.1, 0.15) is 5.82 Å². The Morgan fingerprint density at radius 2 is 2.04 bits per heavy atom. The number of nitrogen functional groups attached to an aromatic ring is 1. The highest BCUT2D eigenvalue weighted by Gasteiger charge is 2.13. The molecule has 23 heavy (non-hydrogen) atoms. The van der Waals surface area contributed by atoms with Crippen LogP contribution in [0.3, 0.4) is 0 Å². The van der Waals surface area contributed by atoms with Gasteiger partial charge < -0.3 is 16.8 Å². The third-order valence-electron chi connectivity index (χ3n) is 3.42. The molecule has 0 spiro atoms. The van der Waals surface area contributed by atoms with Crippen LogP contribution in [0.15, 0.2) is 30.8 Å². The maximum atomic E-state index is 13.8. The molecule has 3 aromatic rings. The summed E-state index contributed by atoms with van der Waals surface area (Å²) < 4.78 is 28.8. The Labute approximate surface area is 130 Å². The summed E-state index contributed by atoms with van der Waals surface area (Å²) in [6.07, 6.45) is 0. The van der Waals surface area contributed by atoms with Crippen molar-refractivity contribution < 1.29 is 8.78 Å². The Balaban J connectivity index is 2.07. The minimum absolute atomic E-state index is 0.132. The number of aryl methyl sites for hydroxylation is 1. The minimum Gasteiger partial charge on any atom is -0.399 e. The number of hydrogen-bond acceptors (Lipinski definition) is 5. The fourth-order valence-corrected chi connectivity index (χ4v) is 2.28. The first-order valence-corrected chi connectivity index (χ1v) is 6.67. The molecule has 0 atom stereocenters. The summed E-state index contributed by atoms with van der Waals surface area (Å²) in [4.78, 5) is 3.93. The number of nitrogens with one attached hydrogen (secondary N) is 1. The monoisotopic (exact) mass is 316 g/mol. The van der Waals surface area contributed by atoms with Crippen molar-refractivity contribution in [2.45, 2.75) is 0 Å². The van der Waals surface area contributed by atoms with Crippen LogP contribution >= 0.6 is 0 Å². The van der Waals surface area contributed by atoms with Gasteiger partial charge in [-0.2, -0.15) is 4.39 Å². The van der Waals surface area contributed by atoms with Crippen LogP contribution in [0.4, 0.5) is 26.1 Å². The van der Waals surface area contributed by atoms with Gasteiger partial charge in [0.15, 0.2) is 11.6 Å². The molecule has 2 heterocycles. The highest BCUT2D eigenvalue weighted by Crippen LogP contribution is 2.27. The van der Waals surface area contributed by atoms with Crippen molar-refractivity contribution in [1.29, 1.82) is 0 Å². The number of nitrogens with zero attached hydrogens (tertiary/aromatic N) is 3. The fourth-order valence-electron chi connectivity index (χ4n) is 2.28. The molecule has 0 amide bonds. The quantitative estimate of drug-likeness (QED) is 0.690. The third kappa shape index (κ3) is 2.54. The van der Waals surface area contributed by atoms with Gasteiger partial charge in [0.2, 0.25) is 5.95 Å². The number of rotatable bonds is 3. The zero-order chi connectivity index (χ0) is 16.7. The predicted octanol–water partition coefficient (Wildman–Crippen LogP) is 2.50. The predicted molar refractivity (Wildman–Crippen MR) is 85.8 cm³/mol. The van der Waals surface area contributed by atoms with Gasteiger partial charge >= 0.3 is 0 Å². The summed E-state index contributed by atoms with van der Waals surface area (Å²) in [5, 5.41) is 7.01. The Morgan fingerprint density at radius 1 is 1.30 bits per heavy atom. The second-order valence-corrected chi connectivity index (χ2v) is 5.05. The molecule has 0 fully saturated rings. The van der Waals surface area contributed by atoms with E-state index >= 15 is 0 Å². The van der Waals surface area contributed by atoms with Gasteiger partial charge in [-0.1, -0.05) is 6.58 Å². The maximum absolute atomic E-state index is 13.8. The molecule has 0 radical (unpaired) electrons. The third-order valence-corrected chi connectivity index (χ3v) is 3.42. The fraction of sp³-hybridized carbons (Fsp3) is 0.0667. The van der Waals surface area contributed by atoms with E-state index in [-0.39, 0.29) is 22.9 Å². The van der Waals surface area contributed by atoms with E-state index in [1.165, 1.54) is 4.68 Å². The van der Waals surface area contributed by atoms with Crippen molar-refractivity contribution in [3.8, 4) is 0 Å². The lowest BCUT2D eigenvalue weighted by Gasteiger charge is -2.12. The number of hydrogen-bond donors (Lipinski definition) is 3. The van der Waals surface area contributed by atoms with Crippen LogP contribution < -0.4 is 16.8 Å². The average Bonchev–Trinajstić information content (AvgIpc) is 2.77. The van der Waals surface area contributed by atoms with Crippen LogP contribution in [0.25, 0.3) is 16.6 Å². The van der Waals surface area contributed by atoms with E-state index in [1.54, 1.807) is 25.2 Å². The summed E-state index contributed by atoms with van der Waals surface area (Å²) >= 11 is 0. The number of benzene rings is 1. The van der Waals surface area contributed by atoms with Gasteiger partial charge in [-0.3, -0.25) is 4.68 Å². The number of fused-ring (bicyclic) bond motifs is 1. The topological polar surface area (TPSA) is 94.8 Å². The van der Waals surface area contributed by atoms with Crippen LogP contribution in [-0.4, -0.2) is 14.8 Å². The molecule has 0 bridgehead atoms. The smallest absolute Gasteiger partial charge is 0.240 e. The first kappa shape index (κ1) is 14.8. The highest BCUT2D eigenvalue weighted by molar-refractivity contribution is 5.85. The van der Waals surface area contributed by atoms with Crippen molar-refractivity contribution in [2.75, 3.05) is 11.1 Å². The Hall–Kier alpha value is -3.16. The molecular weight excluding hydrogens is 302 g/mol. The van der Waals surface area contributed by atoms with E-state index in [2.05, 4.69) is 22.0 Å². The van der Waals surface area contributed by atoms with Crippen LogP contribution in [0.5, 0.6) is 0 Å². The molecule has 0 aliphatic rings. The Kier molecular flexibility index (Phi) is 3.36. The van der Waals surface area contributed by atoms with Gasteiger partial charge in [0.05, 0.1) is 10.9 Å². The van der Waals surface area contributed by atoms with Gasteiger partial charge in [0, 0.05) is 24.0 Å². The molecule has 8 heteroatoms. The van der Waals surface area contributed by atoms with Gasteiger partial charge in [-0.25, -0.2) is 9.37 Å². The number of halogens is 2. The lowest BCUT2D eigenvalue weighted by atomic mass is 10.2. The average molecular weight is 316 g/mol. The van der Waals surface area contributed by atoms with Gasteiger partial charge in [-0.15, -0.1) is 5.10 Å². The highest BCUT2D eigenvalue weighted by atomic mass is 19.1. The van der Waals surface area contributed by atoms with Crippen LogP contribution in [0, 0.1) is 11.8 Å². The molecule has 0 aliphatic heterocycles. The molecule has 6 nitrogen and oxygen atoms in total. The van der Waals surface area contributed by atoms with Crippen LogP contribution in [-0.2, 0) is 7.05 Å². The number of anilines is 3. The molecule has 5 N–H and O–H groups in total. The lowest BCUT2D eigenvalue weighted by Crippen LogP contribution is -2.06. The number of nitrogens with two attached hydrogens (primary N) is 2. The first-order valence-electron chi connectivity index (χ1n) is 6.67. The van der Waals surface area contributed by atoms with E-state index in [0.29, 0.717) is 16.6 Å². The largest absolute Gasteiger partial charge is 0.399 e. The lowest BCUT2D eigenvalue weighted by molar-refractivity contribution is 0.562. The summed E-state index contributed by atoms with van der Waals surface area (Å²) in [6.45, 7) is 3.58. The molecule has 0 aliphatic carbocycles. The second kappa shape index (κ2) is 5.24. The molecule has 118 valence electrons. The second-order valence-electron chi connectivity index (χ2n) is 5.05. The summed E-state index contributed by atoms with van der Waals surface area (Å²) in [5.41, 5.74) is 12.7. The van der Waals surface area contributed by atoms with E-state index in [4.69, 9.17) is 11.5 Å². The summed E-state index contributed by atoms with van der Waals surface area (Å²) in [5.74, 6) is -1.31. The molecule has 0 unspecified atom stereocenters. The van der Waals surface area contributed by atoms with E-state index in [0.717, 1.165) is 6.07 Å². The van der Waals surface area contributed by atoms with Crippen molar-refractivity contribution >= 4 is 33.9 Å². The van der Waals surface area contributed by atoms with E-state index in [1.807, 2.05) is 0 Å². The first-order chi connectivity index (χ1) is 10.9. The van der Waals surface area contributed by atoms with E-state index < -0.39 is 11.8 Å². The molecule has 3 rings (SSSR count). The zero-order valence-corrected chi connectivity index (χ0v) is 12.3. The normalized spacial score (nSPS) is 10.9. The Bertz CT molecular complexity index is 931. The molecule has 2 aromatic heterocycles. The van der Waals surface area contributed by atoms with Gasteiger partial charge in [0.25, 0.3) is 0 Å². The SMILES string of the molecule is C=C(N)c1cc(F)c(N)nc1Nc1ccc2c(c1)c(F)nn2C. The number of pyridine rings is 1. The Morgan fingerprint density at radius 3 is 2.74 bits per heavy atom. The molecule has 0 saturated carbocycles. The molecular formula is C15H14F2N6. The van der Waals surface area contributed by atoms with Crippen LogP contribution in [0.1, 0.15) is 5.56 Å². The minimum atomic E-state index is -0.689. The van der Waals surface area contributed by atoms with Crippen molar-refractivity contribution in [3.05, 3.63) is 48.2 Å². The maximum Gasteiger partial charge on any atom is 0.240 e. The zero-order valence-electron chi connectivity index (χ0n) is 12.3.